The minimum absolute atomic E-state index is 0.0362. The molecular weight excluding hydrogens is 350 g/mol. The number of hydrogen-bond acceptors (Lipinski definition) is 3. The third kappa shape index (κ3) is 4.62. The summed E-state index contributed by atoms with van der Waals surface area (Å²) in [5.74, 6) is 2.01. The van der Waals surface area contributed by atoms with Gasteiger partial charge in [-0.15, -0.1) is 0 Å². The van der Waals surface area contributed by atoms with Gasteiger partial charge in [0, 0.05) is 43.8 Å². The van der Waals surface area contributed by atoms with Gasteiger partial charge in [-0.05, 0) is 44.6 Å². The Kier molecular flexibility index (Phi) is 6.54. The van der Waals surface area contributed by atoms with Gasteiger partial charge in [-0.25, -0.2) is 0 Å². The van der Waals surface area contributed by atoms with Gasteiger partial charge in [-0.3, -0.25) is 4.99 Å². The number of methoxy groups -OCH3 is 1. The average Bonchev–Trinajstić information content (AvgIpc) is 3.05. The van der Waals surface area contributed by atoms with Crippen molar-refractivity contribution >= 4 is 5.96 Å². The smallest absolute Gasteiger partial charge is 0.193 e. The molecule has 0 aliphatic carbocycles. The van der Waals surface area contributed by atoms with Crippen LogP contribution in [0.3, 0.4) is 0 Å². The van der Waals surface area contributed by atoms with Gasteiger partial charge in [0.05, 0.1) is 13.7 Å². The van der Waals surface area contributed by atoms with Gasteiger partial charge in [-0.1, -0.05) is 31.5 Å². The van der Waals surface area contributed by atoms with Crippen LogP contribution in [-0.2, 0) is 10.2 Å². The molecule has 0 spiro atoms. The van der Waals surface area contributed by atoms with Crippen LogP contribution in [0.5, 0.6) is 5.75 Å². The molecule has 3 rings (SSSR count). The maximum atomic E-state index is 5.74. The summed E-state index contributed by atoms with van der Waals surface area (Å²) in [5.41, 5.74) is 2.86. The fraction of sp³-hybridized carbons (Fsp3) is 0.696. The topological polar surface area (TPSA) is 46.1 Å². The molecule has 2 heterocycles. The van der Waals surface area contributed by atoms with Gasteiger partial charge in [0.15, 0.2) is 5.96 Å². The molecule has 0 unspecified atom stereocenters. The Morgan fingerprint density at radius 1 is 1.25 bits per heavy atom. The third-order valence-corrected chi connectivity index (χ3v) is 6.22. The molecule has 1 N–H and O–H groups in total. The highest BCUT2D eigenvalue weighted by Gasteiger charge is 2.38. The van der Waals surface area contributed by atoms with Crippen LogP contribution in [0.1, 0.15) is 51.2 Å². The summed E-state index contributed by atoms with van der Waals surface area (Å²) in [6.07, 6.45) is 3.16. The zero-order chi connectivity index (χ0) is 20.2. The van der Waals surface area contributed by atoms with Crippen LogP contribution < -0.4 is 10.1 Å². The van der Waals surface area contributed by atoms with Crippen LogP contribution >= 0.6 is 0 Å². The fourth-order valence-corrected chi connectivity index (χ4v) is 4.46. The number of nitrogens with one attached hydrogen (secondary N) is 1. The minimum atomic E-state index is -0.0362. The van der Waals surface area contributed by atoms with Gasteiger partial charge in [0.2, 0.25) is 0 Å². The molecule has 156 valence electrons. The monoisotopic (exact) mass is 387 g/mol. The molecular formula is C23H37N3O2. The van der Waals surface area contributed by atoms with E-state index >= 15 is 0 Å². The second kappa shape index (κ2) is 8.73. The molecule has 5 nitrogen and oxygen atoms in total. The second-order valence-corrected chi connectivity index (χ2v) is 9.10. The zero-order valence-electron chi connectivity index (χ0n) is 18.3. The molecule has 0 amide bonds. The summed E-state index contributed by atoms with van der Waals surface area (Å²) in [5, 5.41) is 3.52. The van der Waals surface area contributed by atoms with E-state index in [9.17, 15) is 0 Å². The molecule has 0 bridgehead atoms. The summed E-state index contributed by atoms with van der Waals surface area (Å²) in [6, 6.07) is 6.50. The Morgan fingerprint density at radius 2 is 2.00 bits per heavy atom. The predicted molar refractivity (Wildman–Crippen MR) is 115 cm³/mol. The maximum Gasteiger partial charge on any atom is 0.193 e. The van der Waals surface area contributed by atoms with Crippen molar-refractivity contribution in [3.63, 3.8) is 0 Å². The normalized spacial score (nSPS) is 21.6. The fourth-order valence-electron chi connectivity index (χ4n) is 4.46. The molecule has 0 radical (unpaired) electrons. The number of aryl methyl sites for hydroxylation is 1. The Morgan fingerprint density at radius 3 is 2.61 bits per heavy atom. The van der Waals surface area contributed by atoms with Crippen molar-refractivity contribution < 1.29 is 9.47 Å². The van der Waals surface area contributed by atoms with E-state index in [0.29, 0.717) is 5.41 Å². The molecule has 0 atom stereocenters. The maximum absolute atomic E-state index is 5.74. The summed E-state index contributed by atoms with van der Waals surface area (Å²) in [7, 11) is 1.76. The quantitative estimate of drug-likeness (QED) is 0.617. The highest BCUT2D eigenvalue weighted by Crippen LogP contribution is 2.41. The van der Waals surface area contributed by atoms with E-state index in [-0.39, 0.29) is 5.41 Å². The zero-order valence-corrected chi connectivity index (χ0v) is 18.3. The Bertz CT molecular complexity index is 693. The van der Waals surface area contributed by atoms with E-state index in [2.05, 4.69) is 56.1 Å². The second-order valence-electron chi connectivity index (χ2n) is 9.10. The number of benzene rings is 1. The average molecular weight is 388 g/mol. The van der Waals surface area contributed by atoms with Crippen molar-refractivity contribution in [2.75, 3.05) is 46.5 Å². The van der Waals surface area contributed by atoms with Crippen molar-refractivity contribution in [2.45, 2.75) is 52.4 Å². The first kappa shape index (κ1) is 21.0. The van der Waals surface area contributed by atoms with E-state index < -0.39 is 0 Å². The van der Waals surface area contributed by atoms with Crippen molar-refractivity contribution in [2.24, 2.45) is 10.4 Å². The van der Waals surface area contributed by atoms with E-state index in [1.165, 1.54) is 17.5 Å². The number of ether oxygens (including phenoxy) is 2. The van der Waals surface area contributed by atoms with Crippen LogP contribution in [0.2, 0.25) is 0 Å². The third-order valence-electron chi connectivity index (χ3n) is 6.22. The highest BCUT2D eigenvalue weighted by atomic mass is 16.5. The molecule has 1 aromatic carbocycles. The molecule has 28 heavy (non-hydrogen) atoms. The minimum Gasteiger partial charge on any atom is -0.496 e. The number of rotatable bonds is 5. The molecule has 2 saturated heterocycles. The van der Waals surface area contributed by atoms with Crippen LogP contribution in [0.25, 0.3) is 0 Å². The first-order valence-corrected chi connectivity index (χ1v) is 10.7. The number of guanidine groups is 1. The number of likely N-dealkylation sites (tertiary alicyclic amines) is 1. The number of hydrogen-bond donors (Lipinski definition) is 1. The van der Waals surface area contributed by atoms with Crippen LogP contribution in [0.4, 0.5) is 0 Å². The Labute approximate surface area is 170 Å². The molecule has 2 fully saturated rings. The van der Waals surface area contributed by atoms with Gasteiger partial charge < -0.3 is 19.7 Å². The SMILES string of the molecule is CCNC(=NCC1(c2cc(C)ccc2OC)CCOCC1)N1CCC(C)(C)C1. The van der Waals surface area contributed by atoms with Crippen molar-refractivity contribution in [1.82, 2.24) is 10.2 Å². The lowest BCUT2D eigenvalue weighted by Gasteiger charge is -2.38. The predicted octanol–water partition coefficient (Wildman–Crippen LogP) is 3.75. The summed E-state index contributed by atoms with van der Waals surface area (Å²) in [6.45, 7) is 14.3. The van der Waals surface area contributed by atoms with Crippen molar-refractivity contribution in [3.05, 3.63) is 29.3 Å². The van der Waals surface area contributed by atoms with Gasteiger partial charge in [0.25, 0.3) is 0 Å². The lowest BCUT2D eigenvalue weighted by atomic mass is 9.73. The van der Waals surface area contributed by atoms with Gasteiger partial charge in [-0.2, -0.15) is 0 Å². The van der Waals surface area contributed by atoms with Gasteiger partial charge >= 0.3 is 0 Å². The number of nitrogens with zero attached hydrogens (tertiary/aromatic N) is 2. The number of aliphatic imine (C=N–C) groups is 1. The van der Waals surface area contributed by atoms with Crippen LogP contribution in [0.15, 0.2) is 23.2 Å². The Balaban J connectivity index is 1.91. The van der Waals surface area contributed by atoms with E-state index in [1.54, 1.807) is 7.11 Å². The molecule has 0 aromatic heterocycles. The summed E-state index contributed by atoms with van der Waals surface area (Å²) in [4.78, 5) is 7.58. The highest BCUT2D eigenvalue weighted by molar-refractivity contribution is 5.80. The standard InChI is InChI=1S/C23H37N3O2/c1-6-24-21(26-12-9-22(3,4)17-26)25-16-23(10-13-28-14-11-23)19-15-18(2)7-8-20(19)27-5/h7-8,15H,6,9-14,16-17H2,1-5H3,(H,24,25). The van der Waals surface area contributed by atoms with Crippen molar-refractivity contribution in [1.29, 1.82) is 0 Å². The molecule has 2 aliphatic heterocycles. The lowest BCUT2D eigenvalue weighted by Crippen LogP contribution is -2.43. The molecule has 1 aromatic rings. The summed E-state index contributed by atoms with van der Waals surface area (Å²) < 4.78 is 11.5. The first-order chi connectivity index (χ1) is 13.4. The molecule has 0 saturated carbocycles. The van der Waals surface area contributed by atoms with Crippen LogP contribution in [-0.4, -0.2) is 57.4 Å². The van der Waals surface area contributed by atoms with E-state index in [4.69, 9.17) is 14.5 Å². The van der Waals surface area contributed by atoms with Gasteiger partial charge in [0.1, 0.15) is 5.75 Å². The van der Waals surface area contributed by atoms with E-state index in [1.807, 2.05) is 0 Å². The van der Waals surface area contributed by atoms with E-state index in [0.717, 1.165) is 63.9 Å². The molecule has 5 heteroatoms. The lowest BCUT2D eigenvalue weighted by molar-refractivity contribution is 0.0522. The van der Waals surface area contributed by atoms with Crippen molar-refractivity contribution in [3.8, 4) is 5.75 Å². The molecule has 2 aliphatic rings. The van der Waals surface area contributed by atoms with Crippen LogP contribution in [0, 0.1) is 12.3 Å². The summed E-state index contributed by atoms with van der Waals surface area (Å²) >= 11 is 0. The largest absolute Gasteiger partial charge is 0.496 e. The Hall–Kier alpha value is -1.75. The first-order valence-electron chi connectivity index (χ1n) is 10.7.